The highest BCUT2D eigenvalue weighted by Crippen LogP contribution is 2.61. The predicted octanol–water partition coefficient (Wildman–Crippen LogP) is 3.22. The van der Waals surface area contributed by atoms with Gasteiger partial charge in [0.15, 0.2) is 0 Å². The van der Waals surface area contributed by atoms with Crippen molar-refractivity contribution < 1.29 is 4.74 Å². The molecule has 0 saturated heterocycles. The lowest BCUT2D eigenvalue weighted by molar-refractivity contribution is 0.180. The van der Waals surface area contributed by atoms with Gasteiger partial charge < -0.3 is 10.1 Å². The van der Waals surface area contributed by atoms with Crippen LogP contribution < -0.4 is 5.32 Å². The average Bonchev–Trinajstić information content (AvgIpc) is 2.94. The fraction of sp³-hybridized carbons (Fsp3) is 1.00. The van der Waals surface area contributed by atoms with Gasteiger partial charge in [-0.1, -0.05) is 26.2 Å². The third kappa shape index (κ3) is 3.69. The molecule has 2 aliphatic rings. The third-order valence-corrected chi connectivity index (χ3v) is 4.75. The van der Waals surface area contributed by atoms with E-state index in [1.54, 1.807) is 7.11 Å². The molecule has 0 heterocycles. The zero-order chi connectivity index (χ0) is 12.1. The van der Waals surface area contributed by atoms with Gasteiger partial charge in [-0.3, -0.25) is 0 Å². The van der Waals surface area contributed by atoms with Gasteiger partial charge in [-0.2, -0.15) is 0 Å². The van der Waals surface area contributed by atoms with Crippen molar-refractivity contribution in [3.05, 3.63) is 0 Å². The smallest absolute Gasteiger partial charge is 0.0587 e. The summed E-state index contributed by atoms with van der Waals surface area (Å²) in [7, 11) is 1.78. The van der Waals surface area contributed by atoms with Gasteiger partial charge in [-0.25, -0.2) is 0 Å². The molecule has 0 radical (unpaired) electrons. The van der Waals surface area contributed by atoms with Crippen molar-refractivity contribution >= 4 is 0 Å². The second-order valence-corrected chi connectivity index (χ2v) is 6.29. The molecule has 2 rings (SSSR count). The van der Waals surface area contributed by atoms with E-state index in [9.17, 15) is 0 Å². The molecule has 2 aliphatic carbocycles. The van der Waals surface area contributed by atoms with E-state index in [1.807, 2.05) is 0 Å². The lowest BCUT2D eigenvalue weighted by Gasteiger charge is -2.31. The van der Waals surface area contributed by atoms with Gasteiger partial charge in [0.1, 0.15) is 0 Å². The number of methoxy groups -OCH3 is 1. The maximum Gasteiger partial charge on any atom is 0.0587 e. The monoisotopic (exact) mass is 239 g/mol. The molecule has 2 atom stereocenters. The Morgan fingerprint density at radius 3 is 2.65 bits per heavy atom. The van der Waals surface area contributed by atoms with Gasteiger partial charge >= 0.3 is 0 Å². The Kier molecular flexibility index (Phi) is 4.87. The Bertz CT molecular complexity index is 219. The lowest BCUT2D eigenvalue weighted by Crippen LogP contribution is -2.35. The van der Waals surface area contributed by atoms with Gasteiger partial charge in [0.25, 0.3) is 0 Å². The Labute approximate surface area is 107 Å². The molecule has 0 aromatic heterocycles. The first-order valence-corrected chi connectivity index (χ1v) is 7.49. The van der Waals surface area contributed by atoms with Crippen LogP contribution in [0.3, 0.4) is 0 Å². The van der Waals surface area contributed by atoms with Crippen LogP contribution in [0.1, 0.15) is 51.9 Å². The van der Waals surface area contributed by atoms with E-state index in [-0.39, 0.29) is 0 Å². The number of rotatable bonds is 9. The Hall–Kier alpha value is -0.0800. The summed E-state index contributed by atoms with van der Waals surface area (Å²) in [6, 6.07) is 0. The van der Waals surface area contributed by atoms with Crippen molar-refractivity contribution in [3.63, 3.8) is 0 Å². The largest absolute Gasteiger partial charge is 0.383 e. The molecule has 0 amide bonds. The molecule has 2 saturated carbocycles. The van der Waals surface area contributed by atoms with Crippen LogP contribution in [0.25, 0.3) is 0 Å². The summed E-state index contributed by atoms with van der Waals surface area (Å²) >= 11 is 0. The zero-order valence-corrected chi connectivity index (χ0v) is 11.6. The maximum atomic E-state index is 5.11. The molecule has 0 spiro atoms. The number of fused-ring (bicyclic) bond motifs is 1. The summed E-state index contributed by atoms with van der Waals surface area (Å²) in [6.07, 6.45) is 10.2. The first-order valence-electron chi connectivity index (χ1n) is 7.49. The summed E-state index contributed by atoms with van der Waals surface area (Å²) < 4.78 is 5.11. The topological polar surface area (TPSA) is 21.3 Å². The molecule has 2 fully saturated rings. The van der Waals surface area contributed by atoms with E-state index in [2.05, 4.69) is 12.2 Å². The quantitative estimate of drug-likeness (QED) is 0.624. The maximum absolute atomic E-state index is 5.11. The standard InChI is InChI=1S/C15H29NO/c1-3-4-5-6-15(12-16-7-8-17-2)10-13-9-14(13)11-15/h13-14,16H,3-12H2,1-2H3. The van der Waals surface area contributed by atoms with Crippen molar-refractivity contribution in [2.75, 3.05) is 26.8 Å². The van der Waals surface area contributed by atoms with Crippen LogP contribution in [0.4, 0.5) is 0 Å². The minimum Gasteiger partial charge on any atom is -0.383 e. The number of hydrogen-bond donors (Lipinski definition) is 1. The van der Waals surface area contributed by atoms with Gasteiger partial charge in [-0.15, -0.1) is 0 Å². The van der Waals surface area contributed by atoms with Crippen molar-refractivity contribution in [3.8, 4) is 0 Å². The van der Waals surface area contributed by atoms with Crippen LogP contribution in [0.5, 0.6) is 0 Å². The summed E-state index contributed by atoms with van der Waals surface area (Å²) in [5.74, 6) is 2.20. The highest BCUT2D eigenvalue weighted by molar-refractivity contribution is 5.03. The van der Waals surface area contributed by atoms with E-state index in [1.165, 1.54) is 51.5 Å². The van der Waals surface area contributed by atoms with Gasteiger partial charge in [0.2, 0.25) is 0 Å². The molecule has 0 aromatic carbocycles. The third-order valence-electron chi connectivity index (χ3n) is 4.75. The minimum absolute atomic E-state index is 0.649. The van der Waals surface area contributed by atoms with Crippen LogP contribution in [0.15, 0.2) is 0 Å². The molecule has 2 heteroatoms. The van der Waals surface area contributed by atoms with Crippen LogP contribution in [0.2, 0.25) is 0 Å². The van der Waals surface area contributed by atoms with Crippen molar-refractivity contribution in [1.82, 2.24) is 5.32 Å². The van der Waals surface area contributed by atoms with Crippen LogP contribution in [0, 0.1) is 17.3 Å². The molecule has 2 unspecified atom stereocenters. The first kappa shape index (κ1) is 13.4. The van der Waals surface area contributed by atoms with Gasteiger partial charge in [0, 0.05) is 20.2 Å². The number of hydrogen-bond acceptors (Lipinski definition) is 2. The second-order valence-electron chi connectivity index (χ2n) is 6.29. The normalized spacial score (nSPS) is 34.9. The molecule has 0 aliphatic heterocycles. The second kappa shape index (κ2) is 6.19. The Morgan fingerprint density at radius 2 is 2.00 bits per heavy atom. The molecule has 0 aromatic rings. The Balaban J connectivity index is 1.72. The van der Waals surface area contributed by atoms with Gasteiger partial charge in [0.05, 0.1) is 6.61 Å². The fourth-order valence-electron chi connectivity index (χ4n) is 3.72. The van der Waals surface area contributed by atoms with E-state index in [4.69, 9.17) is 4.74 Å². The molecular weight excluding hydrogens is 210 g/mol. The predicted molar refractivity (Wildman–Crippen MR) is 72.2 cm³/mol. The summed E-state index contributed by atoms with van der Waals surface area (Å²) in [6.45, 7) is 5.39. The van der Waals surface area contributed by atoms with Crippen molar-refractivity contribution in [2.45, 2.75) is 51.9 Å². The first-order chi connectivity index (χ1) is 8.29. The van der Waals surface area contributed by atoms with E-state index in [0.29, 0.717) is 5.41 Å². The van der Waals surface area contributed by atoms with Crippen molar-refractivity contribution in [1.29, 1.82) is 0 Å². The average molecular weight is 239 g/mol. The summed E-state index contributed by atoms with van der Waals surface area (Å²) in [5, 5.41) is 3.61. The van der Waals surface area contributed by atoms with Crippen LogP contribution in [-0.2, 0) is 4.74 Å². The van der Waals surface area contributed by atoms with Gasteiger partial charge in [-0.05, 0) is 42.9 Å². The lowest BCUT2D eigenvalue weighted by atomic mass is 9.78. The minimum atomic E-state index is 0.649. The number of ether oxygens (including phenoxy) is 1. The van der Waals surface area contributed by atoms with Crippen LogP contribution >= 0.6 is 0 Å². The molecule has 100 valence electrons. The highest BCUT2D eigenvalue weighted by Gasteiger charge is 2.52. The molecular formula is C15H29NO. The fourth-order valence-corrected chi connectivity index (χ4v) is 3.72. The SMILES string of the molecule is CCCCCC1(CNCCOC)CC2CC2C1. The summed E-state index contributed by atoms with van der Waals surface area (Å²) in [4.78, 5) is 0. The molecule has 1 N–H and O–H groups in total. The number of nitrogens with one attached hydrogen (secondary N) is 1. The van der Waals surface area contributed by atoms with E-state index in [0.717, 1.165) is 25.0 Å². The van der Waals surface area contributed by atoms with Crippen molar-refractivity contribution in [2.24, 2.45) is 17.3 Å². The highest BCUT2D eigenvalue weighted by atomic mass is 16.5. The Morgan fingerprint density at radius 1 is 1.24 bits per heavy atom. The molecule has 17 heavy (non-hydrogen) atoms. The van der Waals surface area contributed by atoms with E-state index < -0.39 is 0 Å². The molecule has 0 bridgehead atoms. The zero-order valence-electron chi connectivity index (χ0n) is 11.6. The van der Waals surface area contributed by atoms with E-state index >= 15 is 0 Å². The number of unbranched alkanes of at least 4 members (excludes halogenated alkanes) is 2. The van der Waals surface area contributed by atoms with Crippen LogP contribution in [-0.4, -0.2) is 26.8 Å². The summed E-state index contributed by atoms with van der Waals surface area (Å²) in [5.41, 5.74) is 0.649. The molecule has 2 nitrogen and oxygen atoms in total.